The maximum absolute atomic E-state index is 13.6. The molecule has 0 unspecified atom stereocenters. The molecule has 5 rings (SSSR count). The van der Waals surface area contributed by atoms with E-state index >= 15 is 0 Å². The predicted molar refractivity (Wildman–Crippen MR) is 130 cm³/mol. The van der Waals surface area contributed by atoms with Crippen molar-refractivity contribution in [1.29, 1.82) is 0 Å². The van der Waals surface area contributed by atoms with E-state index in [4.69, 9.17) is 0 Å². The molecule has 164 valence electrons. The Morgan fingerprint density at radius 1 is 0.818 bits per heavy atom. The summed E-state index contributed by atoms with van der Waals surface area (Å²) in [6, 6.07) is 27.4. The van der Waals surface area contributed by atoms with Crippen molar-refractivity contribution in [2.75, 3.05) is 0 Å². The topological polar surface area (TPSA) is 61.8 Å². The highest BCUT2D eigenvalue weighted by molar-refractivity contribution is 5.72. The lowest BCUT2D eigenvalue weighted by molar-refractivity contribution is 0.615. The van der Waals surface area contributed by atoms with Gasteiger partial charge in [-0.1, -0.05) is 78.4 Å². The average molecular weight is 437 g/mol. The lowest BCUT2D eigenvalue weighted by Crippen LogP contribution is -2.40. The van der Waals surface area contributed by atoms with Gasteiger partial charge in [0.25, 0.3) is 5.56 Å². The molecule has 2 heterocycles. The van der Waals surface area contributed by atoms with Crippen molar-refractivity contribution in [3.63, 3.8) is 0 Å². The van der Waals surface area contributed by atoms with E-state index in [1.165, 1.54) is 9.13 Å². The molecule has 33 heavy (non-hydrogen) atoms. The predicted octanol–water partition coefficient (Wildman–Crippen LogP) is 3.95. The molecule has 0 amide bonds. The minimum absolute atomic E-state index is 0.292. The monoisotopic (exact) mass is 436 g/mol. The number of nitrogens with zero attached hydrogens (tertiary/aromatic N) is 4. The Balaban J connectivity index is 1.68. The quantitative estimate of drug-likeness (QED) is 0.405. The van der Waals surface area contributed by atoms with Gasteiger partial charge in [0.05, 0.1) is 12.0 Å². The standard InChI is InChI=1S/C27H24N4O2/c1-20-9-8-12-22(17-20)18-29-19-28-25-24(29)26(32)30(16-15-21-10-4-2-5-11-21)27(33)31(25)23-13-6-3-7-14-23/h2-14,17,19H,15-16,18H2,1H3. The zero-order valence-corrected chi connectivity index (χ0v) is 18.4. The minimum Gasteiger partial charge on any atom is -0.320 e. The first-order valence-electron chi connectivity index (χ1n) is 11.0. The third-order valence-electron chi connectivity index (χ3n) is 5.82. The highest BCUT2D eigenvalue weighted by atomic mass is 16.2. The summed E-state index contributed by atoms with van der Waals surface area (Å²) in [5.41, 5.74) is 4.08. The van der Waals surface area contributed by atoms with Crippen LogP contribution >= 0.6 is 0 Å². The van der Waals surface area contributed by atoms with Crippen molar-refractivity contribution in [3.05, 3.63) is 129 Å². The second kappa shape index (κ2) is 8.74. The molecule has 0 saturated heterocycles. The smallest absolute Gasteiger partial charge is 0.320 e. The van der Waals surface area contributed by atoms with E-state index in [-0.39, 0.29) is 11.2 Å². The number of hydrogen-bond donors (Lipinski definition) is 0. The molecule has 0 aliphatic carbocycles. The van der Waals surface area contributed by atoms with Gasteiger partial charge in [-0.2, -0.15) is 0 Å². The normalized spacial score (nSPS) is 11.2. The van der Waals surface area contributed by atoms with Crippen LogP contribution in [0.25, 0.3) is 16.9 Å². The lowest BCUT2D eigenvalue weighted by Gasteiger charge is -2.13. The Hall–Kier alpha value is -4.19. The van der Waals surface area contributed by atoms with Gasteiger partial charge in [-0.15, -0.1) is 0 Å². The van der Waals surface area contributed by atoms with Crippen molar-refractivity contribution < 1.29 is 0 Å². The summed E-state index contributed by atoms with van der Waals surface area (Å²) in [7, 11) is 0. The molecule has 0 spiro atoms. The second-order valence-electron chi connectivity index (χ2n) is 8.18. The van der Waals surface area contributed by atoms with Crippen LogP contribution in [0.4, 0.5) is 0 Å². The summed E-state index contributed by atoms with van der Waals surface area (Å²) >= 11 is 0. The highest BCUT2D eigenvalue weighted by Crippen LogP contribution is 2.15. The Bertz CT molecular complexity index is 1530. The fourth-order valence-electron chi connectivity index (χ4n) is 4.20. The molecule has 0 atom stereocenters. The second-order valence-corrected chi connectivity index (χ2v) is 8.18. The molecule has 5 aromatic rings. The summed E-state index contributed by atoms with van der Waals surface area (Å²) in [6.45, 7) is 2.83. The van der Waals surface area contributed by atoms with E-state index in [9.17, 15) is 9.59 Å². The number of para-hydroxylation sites is 1. The van der Waals surface area contributed by atoms with Crippen molar-refractivity contribution >= 4 is 11.2 Å². The van der Waals surface area contributed by atoms with Gasteiger partial charge in [-0.3, -0.25) is 9.36 Å². The van der Waals surface area contributed by atoms with Crippen LogP contribution in [0.5, 0.6) is 0 Å². The van der Waals surface area contributed by atoms with E-state index in [0.29, 0.717) is 36.4 Å². The van der Waals surface area contributed by atoms with Crippen LogP contribution in [-0.2, 0) is 19.5 Å². The number of hydrogen-bond acceptors (Lipinski definition) is 3. The number of imidazole rings is 1. The zero-order valence-electron chi connectivity index (χ0n) is 18.4. The van der Waals surface area contributed by atoms with Gasteiger partial charge in [0.2, 0.25) is 0 Å². The first kappa shape index (κ1) is 20.7. The van der Waals surface area contributed by atoms with Gasteiger partial charge < -0.3 is 4.57 Å². The van der Waals surface area contributed by atoms with E-state index in [1.54, 1.807) is 6.33 Å². The first-order chi connectivity index (χ1) is 16.1. The third-order valence-corrected chi connectivity index (χ3v) is 5.82. The molecule has 0 fully saturated rings. The Kier molecular flexibility index (Phi) is 5.48. The van der Waals surface area contributed by atoms with Crippen molar-refractivity contribution in [1.82, 2.24) is 18.7 Å². The molecule has 0 bridgehead atoms. The molecular formula is C27H24N4O2. The van der Waals surface area contributed by atoms with E-state index in [0.717, 1.165) is 16.7 Å². The number of aryl methyl sites for hydroxylation is 2. The lowest BCUT2D eigenvalue weighted by atomic mass is 10.1. The molecule has 3 aromatic carbocycles. The molecule has 0 N–H and O–H groups in total. The summed E-state index contributed by atoms with van der Waals surface area (Å²) in [5, 5.41) is 0. The fraction of sp³-hybridized carbons (Fsp3) is 0.148. The maximum atomic E-state index is 13.6. The van der Waals surface area contributed by atoms with Crippen LogP contribution in [0.15, 0.2) is 101 Å². The highest BCUT2D eigenvalue weighted by Gasteiger charge is 2.19. The number of aromatic nitrogens is 4. The van der Waals surface area contributed by atoms with Crippen molar-refractivity contribution in [3.8, 4) is 5.69 Å². The molecule has 0 aliphatic heterocycles. The largest absolute Gasteiger partial charge is 0.337 e. The number of benzene rings is 3. The van der Waals surface area contributed by atoms with Crippen LogP contribution in [0.1, 0.15) is 16.7 Å². The molecule has 2 aromatic heterocycles. The van der Waals surface area contributed by atoms with Crippen LogP contribution in [-0.4, -0.2) is 18.7 Å². The van der Waals surface area contributed by atoms with Gasteiger partial charge in [-0.25, -0.2) is 14.3 Å². The van der Waals surface area contributed by atoms with Gasteiger partial charge in [0, 0.05) is 13.1 Å². The van der Waals surface area contributed by atoms with Crippen molar-refractivity contribution in [2.45, 2.75) is 26.4 Å². The zero-order chi connectivity index (χ0) is 22.8. The van der Waals surface area contributed by atoms with Crippen LogP contribution in [0.3, 0.4) is 0 Å². The maximum Gasteiger partial charge on any atom is 0.337 e. The molecular weight excluding hydrogens is 412 g/mol. The van der Waals surface area contributed by atoms with Crippen molar-refractivity contribution in [2.24, 2.45) is 0 Å². The summed E-state index contributed by atoms with van der Waals surface area (Å²) in [6.07, 6.45) is 2.23. The Morgan fingerprint density at radius 2 is 1.52 bits per heavy atom. The molecule has 0 radical (unpaired) electrons. The summed E-state index contributed by atoms with van der Waals surface area (Å²) in [5.74, 6) is 0. The molecule has 6 heteroatoms. The van der Waals surface area contributed by atoms with Gasteiger partial charge >= 0.3 is 5.69 Å². The Morgan fingerprint density at radius 3 is 2.24 bits per heavy atom. The number of fused-ring (bicyclic) bond motifs is 1. The average Bonchev–Trinajstić information content (AvgIpc) is 3.23. The summed E-state index contributed by atoms with van der Waals surface area (Å²) < 4.78 is 4.70. The fourth-order valence-corrected chi connectivity index (χ4v) is 4.20. The van der Waals surface area contributed by atoms with Crippen LogP contribution < -0.4 is 11.2 Å². The van der Waals surface area contributed by atoms with Gasteiger partial charge in [0.1, 0.15) is 0 Å². The van der Waals surface area contributed by atoms with E-state index in [2.05, 4.69) is 11.1 Å². The molecule has 0 saturated carbocycles. The van der Waals surface area contributed by atoms with E-state index in [1.807, 2.05) is 90.4 Å². The van der Waals surface area contributed by atoms with Gasteiger partial charge in [0.15, 0.2) is 11.2 Å². The SMILES string of the molecule is Cc1cccc(Cn2cnc3c2c(=O)n(CCc2ccccc2)c(=O)n3-c2ccccc2)c1. The third kappa shape index (κ3) is 4.03. The first-order valence-corrected chi connectivity index (χ1v) is 11.0. The number of rotatable bonds is 6. The van der Waals surface area contributed by atoms with E-state index < -0.39 is 0 Å². The minimum atomic E-state index is -0.379. The van der Waals surface area contributed by atoms with Crippen LogP contribution in [0.2, 0.25) is 0 Å². The molecule has 0 aliphatic rings. The van der Waals surface area contributed by atoms with Gasteiger partial charge in [-0.05, 0) is 36.6 Å². The summed E-state index contributed by atoms with van der Waals surface area (Å²) in [4.78, 5) is 31.6. The Labute approximate surface area is 191 Å². The van der Waals surface area contributed by atoms with Crippen LogP contribution in [0, 0.1) is 6.92 Å². The molecule has 6 nitrogen and oxygen atoms in total.